The number of phosphoric ester groups is 2. The van der Waals surface area contributed by atoms with Crippen LogP contribution in [0.2, 0.25) is 0 Å². The van der Waals surface area contributed by atoms with Gasteiger partial charge in [0.2, 0.25) is 0 Å². The number of ether oxygens (including phenoxy) is 4. The number of hydrogen-bond donors (Lipinski definition) is 3. The number of rotatable bonds is 72. The Hall–Kier alpha value is -1.94. The van der Waals surface area contributed by atoms with Crippen LogP contribution in [0.25, 0.3) is 0 Å². The highest BCUT2D eigenvalue weighted by molar-refractivity contribution is 7.47. The van der Waals surface area contributed by atoms with E-state index in [1.165, 1.54) is 186 Å². The second-order valence-electron chi connectivity index (χ2n) is 26.8. The molecule has 92 heavy (non-hydrogen) atoms. The Kier molecular flexibility index (Phi) is 63.7. The Morgan fingerprint density at radius 3 is 0.772 bits per heavy atom. The first kappa shape index (κ1) is 90.1. The van der Waals surface area contributed by atoms with Gasteiger partial charge in [0, 0.05) is 25.7 Å². The minimum atomic E-state index is -4.95. The molecular weight excluding hydrogens is 1210 g/mol. The Morgan fingerprint density at radius 1 is 0.304 bits per heavy atom. The lowest BCUT2D eigenvalue weighted by atomic mass is 9.99. The number of esters is 4. The zero-order valence-electron chi connectivity index (χ0n) is 59.9. The number of carbonyl (C=O) groups excluding carboxylic acids is 4. The molecule has 0 bridgehead atoms. The summed E-state index contributed by atoms with van der Waals surface area (Å²) in [7, 11) is -9.91. The normalized spacial score (nSPS) is 14.7. The van der Waals surface area contributed by atoms with Crippen LogP contribution < -0.4 is 0 Å². The second kappa shape index (κ2) is 65.0. The van der Waals surface area contributed by atoms with Crippen LogP contribution in [-0.4, -0.2) is 96.7 Å². The summed E-state index contributed by atoms with van der Waals surface area (Å²) in [5, 5.41) is 10.6. The van der Waals surface area contributed by atoms with Crippen molar-refractivity contribution in [1.29, 1.82) is 0 Å². The summed E-state index contributed by atoms with van der Waals surface area (Å²) in [6, 6.07) is 0. The first-order valence-electron chi connectivity index (χ1n) is 38.1. The SMILES string of the molecule is CCCCCCCCCCCCCCCCCCC(=O)O[C@H](COC(=O)CCCCCCCCCCCCCCCC)COP(=O)(O)OC[C@@H](O)COP(=O)(O)OC[C@@H](COC(=O)CCCCCCCCC(C)CC)OC(=O)CCCCCCCCCCC(C)CC. The van der Waals surface area contributed by atoms with Crippen molar-refractivity contribution in [2.45, 2.75) is 394 Å². The molecule has 0 heterocycles. The average Bonchev–Trinajstić information content (AvgIpc) is 2.86. The highest BCUT2D eigenvalue weighted by Crippen LogP contribution is 2.45. The molecule has 0 aromatic heterocycles. The highest BCUT2D eigenvalue weighted by Gasteiger charge is 2.30. The van der Waals surface area contributed by atoms with Crippen molar-refractivity contribution in [2.75, 3.05) is 39.6 Å². The number of phosphoric acid groups is 2. The summed E-state index contributed by atoms with van der Waals surface area (Å²) < 4.78 is 68.4. The second-order valence-corrected chi connectivity index (χ2v) is 29.7. The molecule has 0 amide bonds. The molecule has 0 aliphatic heterocycles. The Balaban J connectivity index is 5.26. The van der Waals surface area contributed by atoms with Gasteiger partial charge in [0.15, 0.2) is 12.2 Å². The van der Waals surface area contributed by atoms with E-state index in [9.17, 15) is 43.2 Å². The van der Waals surface area contributed by atoms with Crippen LogP contribution in [0, 0.1) is 11.8 Å². The predicted molar refractivity (Wildman–Crippen MR) is 372 cm³/mol. The molecule has 0 fully saturated rings. The monoisotopic (exact) mass is 1350 g/mol. The number of carbonyl (C=O) groups is 4. The first-order chi connectivity index (χ1) is 44.4. The quantitative estimate of drug-likeness (QED) is 0.0222. The predicted octanol–water partition coefficient (Wildman–Crippen LogP) is 21.2. The van der Waals surface area contributed by atoms with Crippen molar-refractivity contribution in [3.05, 3.63) is 0 Å². The molecule has 0 rings (SSSR count). The van der Waals surface area contributed by atoms with Gasteiger partial charge in [-0.1, -0.05) is 324 Å². The van der Waals surface area contributed by atoms with Crippen molar-refractivity contribution in [2.24, 2.45) is 11.8 Å². The molecule has 0 aliphatic rings. The lowest BCUT2D eigenvalue weighted by Gasteiger charge is -2.21. The Morgan fingerprint density at radius 2 is 0.522 bits per heavy atom. The largest absolute Gasteiger partial charge is 0.472 e. The summed E-state index contributed by atoms with van der Waals surface area (Å²) >= 11 is 0. The standard InChI is InChI=1S/C73H142O17P2/c1-7-11-13-15-17-19-21-23-25-26-28-30-32-37-45-51-57-72(77)89-68(61-83-70(75)55-49-43-36-31-29-27-24-22-20-18-16-14-12-8-2)63-87-91(79,80)85-59-67(74)60-86-92(81,82)88-64-69(62-84-71(76)56-50-44-40-39-42-48-54-66(6)10-4)90-73(78)58-52-46-38-34-33-35-41-47-53-65(5)9-3/h65-69,74H,7-64H2,1-6H3,(H,79,80)(H,81,82)/t65?,66?,67-,68-,69-/m1/s1. The number of aliphatic hydroxyl groups excluding tert-OH is 1. The van der Waals surface area contributed by atoms with Crippen LogP contribution in [0.1, 0.15) is 375 Å². The van der Waals surface area contributed by atoms with Gasteiger partial charge in [0.05, 0.1) is 26.4 Å². The zero-order valence-corrected chi connectivity index (χ0v) is 61.6. The minimum absolute atomic E-state index is 0.104. The van der Waals surface area contributed by atoms with Gasteiger partial charge in [-0.2, -0.15) is 0 Å². The molecule has 4 unspecified atom stereocenters. The van der Waals surface area contributed by atoms with E-state index in [4.69, 9.17) is 37.0 Å². The summed E-state index contributed by atoms with van der Waals surface area (Å²) in [5.41, 5.74) is 0. The zero-order chi connectivity index (χ0) is 67.9. The van der Waals surface area contributed by atoms with Gasteiger partial charge in [-0.15, -0.1) is 0 Å². The fourth-order valence-corrected chi connectivity index (χ4v) is 12.6. The van der Waals surface area contributed by atoms with Gasteiger partial charge in [-0.3, -0.25) is 37.3 Å². The fourth-order valence-electron chi connectivity index (χ4n) is 11.1. The Labute approximate surface area is 562 Å². The molecule has 546 valence electrons. The molecule has 0 spiro atoms. The number of aliphatic hydroxyl groups is 1. The molecule has 0 saturated heterocycles. The van der Waals surface area contributed by atoms with Crippen LogP contribution in [0.4, 0.5) is 0 Å². The third-order valence-corrected chi connectivity index (χ3v) is 19.6. The summed E-state index contributed by atoms with van der Waals surface area (Å²) in [6.45, 7) is 9.53. The topological polar surface area (TPSA) is 237 Å². The minimum Gasteiger partial charge on any atom is -0.462 e. The lowest BCUT2D eigenvalue weighted by Crippen LogP contribution is -2.30. The van der Waals surface area contributed by atoms with E-state index in [1.54, 1.807) is 0 Å². The number of unbranched alkanes of at least 4 members (excludes halogenated alkanes) is 40. The maximum Gasteiger partial charge on any atom is 0.472 e. The van der Waals surface area contributed by atoms with E-state index in [-0.39, 0.29) is 25.7 Å². The van der Waals surface area contributed by atoms with Crippen molar-refractivity contribution in [1.82, 2.24) is 0 Å². The molecule has 7 atom stereocenters. The van der Waals surface area contributed by atoms with Gasteiger partial charge >= 0.3 is 39.5 Å². The third kappa shape index (κ3) is 64.1. The van der Waals surface area contributed by atoms with Gasteiger partial charge in [-0.05, 0) is 37.5 Å². The van der Waals surface area contributed by atoms with E-state index in [2.05, 4.69) is 41.5 Å². The van der Waals surface area contributed by atoms with Crippen molar-refractivity contribution < 1.29 is 80.2 Å². The van der Waals surface area contributed by atoms with E-state index in [1.807, 2.05) is 0 Å². The Bertz CT molecular complexity index is 1790. The van der Waals surface area contributed by atoms with E-state index in [0.29, 0.717) is 25.7 Å². The van der Waals surface area contributed by atoms with Crippen LogP contribution >= 0.6 is 15.6 Å². The van der Waals surface area contributed by atoms with Crippen LogP contribution in [0.15, 0.2) is 0 Å². The van der Waals surface area contributed by atoms with Crippen molar-refractivity contribution in [3.8, 4) is 0 Å². The lowest BCUT2D eigenvalue weighted by molar-refractivity contribution is -0.161. The summed E-state index contributed by atoms with van der Waals surface area (Å²) in [5.74, 6) is -0.620. The molecule has 0 aliphatic carbocycles. The van der Waals surface area contributed by atoms with Crippen molar-refractivity contribution in [3.63, 3.8) is 0 Å². The molecule has 17 nitrogen and oxygen atoms in total. The molecular formula is C73H142O17P2. The van der Waals surface area contributed by atoms with Crippen LogP contribution in [-0.2, 0) is 65.4 Å². The third-order valence-electron chi connectivity index (χ3n) is 17.7. The van der Waals surface area contributed by atoms with E-state index < -0.39 is 97.5 Å². The molecule has 0 saturated carbocycles. The maximum atomic E-state index is 13.1. The fraction of sp³-hybridized carbons (Fsp3) is 0.945. The van der Waals surface area contributed by atoms with Gasteiger partial charge in [0.25, 0.3) is 0 Å². The van der Waals surface area contributed by atoms with Gasteiger partial charge < -0.3 is 33.8 Å². The van der Waals surface area contributed by atoms with Crippen molar-refractivity contribution >= 4 is 39.5 Å². The smallest absolute Gasteiger partial charge is 0.462 e. The molecule has 0 aromatic rings. The van der Waals surface area contributed by atoms with Gasteiger partial charge in [-0.25, -0.2) is 9.13 Å². The maximum absolute atomic E-state index is 13.1. The first-order valence-corrected chi connectivity index (χ1v) is 41.1. The van der Waals surface area contributed by atoms with E-state index in [0.717, 1.165) is 108 Å². The molecule has 0 radical (unpaired) electrons. The van der Waals surface area contributed by atoms with Crippen LogP contribution in [0.3, 0.4) is 0 Å². The summed E-state index contributed by atoms with van der Waals surface area (Å²) in [4.78, 5) is 72.7. The molecule has 0 aromatic carbocycles. The molecule has 19 heteroatoms. The average molecular weight is 1350 g/mol. The highest BCUT2D eigenvalue weighted by atomic mass is 31.2. The number of hydrogen-bond acceptors (Lipinski definition) is 15. The van der Waals surface area contributed by atoms with Gasteiger partial charge in [0.1, 0.15) is 19.3 Å². The van der Waals surface area contributed by atoms with E-state index >= 15 is 0 Å². The molecule has 3 N–H and O–H groups in total. The van der Waals surface area contributed by atoms with Crippen LogP contribution in [0.5, 0.6) is 0 Å². The summed E-state index contributed by atoms with van der Waals surface area (Å²) in [6.07, 6.45) is 51.2.